The molecule has 19 heavy (non-hydrogen) atoms. The minimum atomic E-state index is -0.893. The predicted molar refractivity (Wildman–Crippen MR) is 70.9 cm³/mol. The van der Waals surface area contributed by atoms with Crippen molar-refractivity contribution in [1.82, 2.24) is 15.0 Å². The van der Waals surface area contributed by atoms with E-state index in [0.29, 0.717) is 12.2 Å². The van der Waals surface area contributed by atoms with Crippen molar-refractivity contribution >= 4 is 5.97 Å². The highest BCUT2D eigenvalue weighted by molar-refractivity contribution is 5.69. The van der Waals surface area contributed by atoms with Crippen molar-refractivity contribution in [2.75, 3.05) is 0 Å². The minimum Gasteiger partial charge on any atom is -0.481 e. The van der Waals surface area contributed by atoms with E-state index in [-0.39, 0.29) is 6.42 Å². The molecule has 1 heterocycles. The van der Waals surface area contributed by atoms with Crippen LogP contribution in [-0.4, -0.2) is 26.1 Å². The summed E-state index contributed by atoms with van der Waals surface area (Å²) in [7, 11) is 0. The lowest BCUT2D eigenvalue weighted by atomic mass is 10.1. The number of hydrogen-bond acceptors (Lipinski definition) is 3. The van der Waals surface area contributed by atoms with Gasteiger partial charge in [0.15, 0.2) is 0 Å². The molecule has 0 saturated carbocycles. The van der Waals surface area contributed by atoms with E-state index in [9.17, 15) is 4.79 Å². The van der Waals surface area contributed by atoms with Gasteiger partial charge in [-0.15, -0.1) is 5.10 Å². The predicted octanol–water partition coefficient (Wildman–Crippen LogP) is 1.91. The number of aryl methyl sites for hydroxylation is 1. The fourth-order valence-electron chi connectivity index (χ4n) is 1.94. The summed E-state index contributed by atoms with van der Waals surface area (Å²) in [5.41, 5.74) is 2.94. The molecule has 5 nitrogen and oxygen atoms in total. The lowest BCUT2D eigenvalue weighted by Gasteiger charge is -2.03. The minimum absolute atomic E-state index is 0.0879. The second kappa shape index (κ2) is 6.13. The molecular formula is C14H17N3O2. The molecule has 0 saturated heterocycles. The Morgan fingerprint density at radius 1 is 1.26 bits per heavy atom. The van der Waals surface area contributed by atoms with Crippen LogP contribution in [0, 0.1) is 0 Å². The van der Waals surface area contributed by atoms with Gasteiger partial charge in [0.05, 0.1) is 18.7 Å². The molecule has 0 aliphatic carbocycles. The number of rotatable bonds is 6. The summed E-state index contributed by atoms with van der Waals surface area (Å²) in [6.07, 6.45) is 3.82. The maximum absolute atomic E-state index is 10.6. The maximum atomic E-state index is 10.6. The Balaban J connectivity index is 2.00. The quantitative estimate of drug-likeness (QED) is 0.860. The van der Waals surface area contributed by atoms with Gasteiger partial charge < -0.3 is 5.11 Å². The van der Waals surface area contributed by atoms with E-state index in [4.69, 9.17) is 5.11 Å². The van der Waals surface area contributed by atoms with E-state index in [2.05, 4.69) is 41.5 Å². The van der Waals surface area contributed by atoms with Gasteiger partial charge >= 0.3 is 5.97 Å². The molecule has 100 valence electrons. The van der Waals surface area contributed by atoms with Crippen molar-refractivity contribution in [2.24, 2.45) is 0 Å². The zero-order chi connectivity index (χ0) is 13.7. The Kier molecular flexibility index (Phi) is 4.28. The Morgan fingerprint density at radius 3 is 2.58 bits per heavy atom. The molecule has 1 aromatic heterocycles. The number of carboxylic acid groups (broad SMARTS) is 1. The first-order valence-corrected chi connectivity index (χ1v) is 6.36. The zero-order valence-corrected chi connectivity index (χ0v) is 10.9. The molecule has 0 unspecified atom stereocenters. The molecule has 2 rings (SSSR count). The Labute approximate surface area is 111 Å². The molecule has 5 heteroatoms. The third-order valence-corrected chi connectivity index (χ3v) is 2.82. The summed E-state index contributed by atoms with van der Waals surface area (Å²) >= 11 is 0. The van der Waals surface area contributed by atoms with Crippen LogP contribution in [-0.2, 0) is 24.2 Å². The molecule has 0 atom stereocenters. The number of benzene rings is 1. The molecule has 1 aromatic carbocycles. The number of aliphatic carboxylic acids is 1. The molecule has 0 aliphatic heterocycles. The molecule has 0 spiro atoms. The molecule has 0 bridgehead atoms. The van der Waals surface area contributed by atoms with Crippen LogP contribution in [0.4, 0.5) is 0 Å². The summed E-state index contributed by atoms with van der Waals surface area (Å²) in [4.78, 5) is 10.6. The van der Waals surface area contributed by atoms with Crippen LogP contribution in [0.3, 0.4) is 0 Å². The molecule has 1 N–H and O–H groups in total. The highest BCUT2D eigenvalue weighted by Crippen LogP contribution is 2.08. The smallest absolute Gasteiger partial charge is 0.309 e. The van der Waals surface area contributed by atoms with Gasteiger partial charge in [-0.3, -0.25) is 4.79 Å². The second-order valence-electron chi connectivity index (χ2n) is 4.54. The molecule has 0 fully saturated rings. The molecular weight excluding hydrogens is 242 g/mol. The Bertz CT molecular complexity index is 546. The van der Waals surface area contributed by atoms with Crippen molar-refractivity contribution in [3.63, 3.8) is 0 Å². The van der Waals surface area contributed by atoms with Crippen LogP contribution in [0.5, 0.6) is 0 Å². The van der Waals surface area contributed by atoms with E-state index in [0.717, 1.165) is 18.4 Å². The van der Waals surface area contributed by atoms with Crippen LogP contribution in [0.1, 0.15) is 30.2 Å². The monoisotopic (exact) mass is 259 g/mol. The largest absolute Gasteiger partial charge is 0.481 e. The van der Waals surface area contributed by atoms with Gasteiger partial charge in [0, 0.05) is 6.20 Å². The number of carbonyl (C=O) groups is 1. The van der Waals surface area contributed by atoms with E-state index in [1.165, 1.54) is 5.56 Å². The Morgan fingerprint density at radius 2 is 1.95 bits per heavy atom. The Hall–Kier alpha value is -2.17. The van der Waals surface area contributed by atoms with Crippen molar-refractivity contribution in [3.05, 3.63) is 47.3 Å². The van der Waals surface area contributed by atoms with E-state index in [1.807, 2.05) is 0 Å². The van der Waals surface area contributed by atoms with Crippen molar-refractivity contribution in [2.45, 2.75) is 32.7 Å². The fraction of sp³-hybridized carbons (Fsp3) is 0.357. The molecule has 0 aliphatic rings. The standard InChI is InChI=1S/C14H17N3O2/c1-2-3-11-4-6-12(7-5-11)9-17-10-13(15-16-17)8-14(18)19/h4-7,10H,2-3,8-9H2,1H3,(H,18,19). The van der Waals surface area contributed by atoms with Gasteiger partial charge in [-0.25, -0.2) is 4.68 Å². The van der Waals surface area contributed by atoms with Gasteiger partial charge in [-0.05, 0) is 17.5 Å². The third-order valence-electron chi connectivity index (χ3n) is 2.82. The van der Waals surface area contributed by atoms with E-state index in [1.54, 1.807) is 10.9 Å². The van der Waals surface area contributed by atoms with Crippen molar-refractivity contribution in [1.29, 1.82) is 0 Å². The third kappa shape index (κ3) is 3.91. The number of carboxylic acids is 1. The number of aromatic nitrogens is 3. The van der Waals surface area contributed by atoms with Crippen LogP contribution < -0.4 is 0 Å². The highest BCUT2D eigenvalue weighted by Gasteiger charge is 2.05. The summed E-state index contributed by atoms with van der Waals surface area (Å²) in [5, 5.41) is 16.4. The summed E-state index contributed by atoms with van der Waals surface area (Å²) in [6.45, 7) is 2.77. The average Bonchev–Trinajstić information content (AvgIpc) is 2.78. The van der Waals surface area contributed by atoms with Crippen molar-refractivity contribution in [3.8, 4) is 0 Å². The van der Waals surface area contributed by atoms with Crippen LogP contribution in [0.25, 0.3) is 0 Å². The van der Waals surface area contributed by atoms with Crippen LogP contribution in [0.15, 0.2) is 30.5 Å². The first kappa shape index (κ1) is 13.3. The lowest BCUT2D eigenvalue weighted by molar-refractivity contribution is -0.136. The van der Waals surface area contributed by atoms with Crippen molar-refractivity contribution < 1.29 is 9.90 Å². The summed E-state index contributed by atoms with van der Waals surface area (Å²) < 4.78 is 1.66. The summed E-state index contributed by atoms with van der Waals surface area (Å²) in [6, 6.07) is 8.38. The first-order valence-electron chi connectivity index (χ1n) is 6.36. The lowest BCUT2D eigenvalue weighted by Crippen LogP contribution is -2.01. The number of hydrogen-bond donors (Lipinski definition) is 1. The van der Waals surface area contributed by atoms with E-state index >= 15 is 0 Å². The molecule has 0 radical (unpaired) electrons. The van der Waals surface area contributed by atoms with Gasteiger partial charge in [-0.1, -0.05) is 42.8 Å². The van der Waals surface area contributed by atoms with E-state index < -0.39 is 5.97 Å². The molecule has 0 amide bonds. The average molecular weight is 259 g/mol. The number of nitrogens with zero attached hydrogens (tertiary/aromatic N) is 3. The maximum Gasteiger partial charge on any atom is 0.309 e. The highest BCUT2D eigenvalue weighted by atomic mass is 16.4. The van der Waals surface area contributed by atoms with Gasteiger partial charge in [-0.2, -0.15) is 0 Å². The van der Waals surface area contributed by atoms with Crippen LogP contribution >= 0.6 is 0 Å². The topological polar surface area (TPSA) is 68.0 Å². The summed E-state index contributed by atoms with van der Waals surface area (Å²) in [5.74, 6) is -0.893. The SMILES string of the molecule is CCCc1ccc(Cn2cc(CC(=O)O)nn2)cc1. The van der Waals surface area contributed by atoms with Crippen LogP contribution in [0.2, 0.25) is 0 Å². The fourth-order valence-corrected chi connectivity index (χ4v) is 1.94. The molecule has 2 aromatic rings. The van der Waals surface area contributed by atoms with Gasteiger partial charge in [0.25, 0.3) is 0 Å². The first-order chi connectivity index (χ1) is 9.17. The van der Waals surface area contributed by atoms with Gasteiger partial charge in [0.1, 0.15) is 0 Å². The van der Waals surface area contributed by atoms with Gasteiger partial charge in [0.2, 0.25) is 0 Å². The second-order valence-corrected chi connectivity index (χ2v) is 4.54. The zero-order valence-electron chi connectivity index (χ0n) is 10.9. The normalized spacial score (nSPS) is 10.6.